The van der Waals surface area contributed by atoms with Gasteiger partial charge in [-0.1, -0.05) is 47.7 Å². The first kappa shape index (κ1) is 28.2. The maximum atomic E-state index is 14.1. The van der Waals surface area contributed by atoms with E-state index in [4.69, 9.17) is 18.9 Å². The number of fused-ring (bicyclic) bond motifs is 2. The smallest absolute Gasteiger partial charge is 0.338 e. The van der Waals surface area contributed by atoms with Gasteiger partial charge in [0.05, 0.1) is 48.8 Å². The summed E-state index contributed by atoms with van der Waals surface area (Å²) in [6, 6.07) is 16.5. The molecule has 0 bridgehead atoms. The van der Waals surface area contributed by atoms with Gasteiger partial charge in [0.1, 0.15) is 5.75 Å². The molecule has 212 valence electrons. The molecular weight excluding hydrogens is 540 g/mol. The normalized spacial score (nSPS) is 15.1. The Morgan fingerprint density at radius 2 is 1.78 bits per heavy atom. The molecule has 0 unspecified atom stereocenters. The number of hydrogen-bond donors (Lipinski definition) is 0. The number of thiazole rings is 1. The van der Waals surface area contributed by atoms with Gasteiger partial charge in [0.2, 0.25) is 0 Å². The van der Waals surface area contributed by atoms with Crippen LogP contribution in [0, 0.1) is 0 Å². The number of rotatable bonds is 8. The van der Waals surface area contributed by atoms with Gasteiger partial charge in [-0.05, 0) is 68.3 Å². The first-order valence-electron chi connectivity index (χ1n) is 13.4. The number of aromatic nitrogens is 1. The zero-order valence-electron chi connectivity index (χ0n) is 23.9. The Morgan fingerprint density at radius 3 is 2.49 bits per heavy atom. The van der Waals surface area contributed by atoms with Crippen molar-refractivity contribution in [3.8, 4) is 17.2 Å². The number of hydrogen-bond acceptors (Lipinski definition) is 8. The van der Waals surface area contributed by atoms with Crippen molar-refractivity contribution in [2.75, 3.05) is 20.8 Å². The minimum Gasteiger partial charge on any atom is -0.496 e. The molecular formula is C32H32N2O6S. The first-order chi connectivity index (χ1) is 19.8. The van der Waals surface area contributed by atoms with Gasteiger partial charge >= 0.3 is 5.97 Å². The summed E-state index contributed by atoms with van der Waals surface area (Å²) in [5.74, 6) is 1.20. The zero-order chi connectivity index (χ0) is 29.3. The van der Waals surface area contributed by atoms with E-state index < -0.39 is 12.0 Å². The second-order valence-corrected chi connectivity index (χ2v) is 10.8. The van der Waals surface area contributed by atoms with Gasteiger partial charge in [0.15, 0.2) is 16.3 Å². The molecule has 1 aromatic heterocycles. The van der Waals surface area contributed by atoms with Crippen LogP contribution in [0.4, 0.5) is 0 Å². The predicted molar refractivity (Wildman–Crippen MR) is 160 cm³/mol. The SMILES string of the molecule is CCOC(=O)C1=C(C)N=c2s/c(=C/c3c(OC)ccc4ccccc34)c(=O)n2[C@@H]1c1ccc(OC(C)C)c(OC)c1. The highest BCUT2D eigenvalue weighted by molar-refractivity contribution is 7.07. The van der Waals surface area contributed by atoms with E-state index in [0.717, 1.165) is 16.3 Å². The summed E-state index contributed by atoms with van der Waals surface area (Å²) in [7, 11) is 3.17. The van der Waals surface area contributed by atoms with Gasteiger partial charge in [0.25, 0.3) is 5.56 Å². The van der Waals surface area contributed by atoms with Crippen molar-refractivity contribution in [2.45, 2.75) is 39.8 Å². The fourth-order valence-electron chi connectivity index (χ4n) is 5.05. The van der Waals surface area contributed by atoms with Gasteiger partial charge in [-0.25, -0.2) is 9.79 Å². The monoisotopic (exact) mass is 572 g/mol. The van der Waals surface area contributed by atoms with Gasteiger partial charge in [-0.3, -0.25) is 9.36 Å². The van der Waals surface area contributed by atoms with Crippen molar-refractivity contribution >= 4 is 34.2 Å². The van der Waals surface area contributed by atoms with Gasteiger partial charge in [0, 0.05) is 5.56 Å². The van der Waals surface area contributed by atoms with Crippen LogP contribution in [0.3, 0.4) is 0 Å². The van der Waals surface area contributed by atoms with Crippen molar-refractivity contribution < 1.29 is 23.7 Å². The van der Waals surface area contributed by atoms with Crippen LogP contribution < -0.4 is 29.1 Å². The van der Waals surface area contributed by atoms with E-state index in [1.54, 1.807) is 44.8 Å². The molecule has 0 aliphatic carbocycles. The van der Waals surface area contributed by atoms with Crippen molar-refractivity contribution in [1.29, 1.82) is 0 Å². The van der Waals surface area contributed by atoms with E-state index >= 15 is 0 Å². The lowest BCUT2D eigenvalue weighted by Crippen LogP contribution is -2.40. The molecule has 0 N–H and O–H groups in total. The van der Waals surface area contributed by atoms with Gasteiger partial charge < -0.3 is 18.9 Å². The molecule has 1 atom stereocenters. The minimum absolute atomic E-state index is 0.0595. The summed E-state index contributed by atoms with van der Waals surface area (Å²) >= 11 is 1.27. The molecule has 41 heavy (non-hydrogen) atoms. The average molecular weight is 573 g/mol. The van der Waals surface area contributed by atoms with Crippen LogP contribution in [0.5, 0.6) is 17.2 Å². The van der Waals surface area contributed by atoms with Crippen molar-refractivity contribution in [1.82, 2.24) is 4.57 Å². The molecule has 3 aromatic carbocycles. The van der Waals surface area contributed by atoms with E-state index in [1.165, 1.54) is 11.3 Å². The first-order valence-corrected chi connectivity index (χ1v) is 14.2. The summed E-state index contributed by atoms with van der Waals surface area (Å²) < 4.78 is 24.6. The van der Waals surface area contributed by atoms with Crippen molar-refractivity contribution in [3.05, 3.63) is 96.7 Å². The molecule has 0 spiro atoms. The number of carbonyl (C=O) groups is 1. The molecule has 9 heteroatoms. The number of nitrogens with zero attached hydrogens (tertiary/aromatic N) is 2. The standard InChI is InChI=1S/C32H32N2O6S/c1-7-39-31(36)28-19(4)33-32-34(29(28)21-13-15-25(40-18(2)3)26(16-21)38-6)30(35)27(41-32)17-23-22-11-9-8-10-20(22)12-14-24(23)37-5/h8-18,29H,7H2,1-6H3/b27-17+/t29-/m1/s1. The predicted octanol–water partition coefficient (Wildman–Crippen LogP) is 4.76. The molecule has 1 aliphatic heterocycles. The van der Waals surface area contributed by atoms with Crippen LogP contribution in [-0.2, 0) is 9.53 Å². The van der Waals surface area contributed by atoms with Crippen molar-refractivity contribution in [3.63, 3.8) is 0 Å². The second-order valence-electron chi connectivity index (χ2n) is 9.78. The van der Waals surface area contributed by atoms with E-state index in [-0.39, 0.29) is 18.3 Å². The average Bonchev–Trinajstić information content (AvgIpc) is 3.26. The number of methoxy groups -OCH3 is 2. The molecule has 0 fully saturated rings. The maximum Gasteiger partial charge on any atom is 0.338 e. The van der Waals surface area contributed by atoms with Crippen LogP contribution in [0.15, 0.2) is 75.7 Å². The van der Waals surface area contributed by atoms with Crippen LogP contribution >= 0.6 is 11.3 Å². The van der Waals surface area contributed by atoms with Crippen molar-refractivity contribution in [2.24, 2.45) is 4.99 Å². The second kappa shape index (κ2) is 11.6. The number of esters is 1. The maximum absolute atomic E-state index is 14.1. The lowest BCUT2D eigenvalue weighted by Gasteiger charge is -2.25. The Kier molecular flexibility index (Phi) is 7.99. The molecule has 0 saturated carbocycles. The topological polar surface area (TPSA) is 88.4 Å². The summed E-state index contributed by atoms with van der Waals surface area (Å²) in [5.41, 5.74) is 1.99. The van der Waals surface area contributed by atoms with Gasteiger partial charge in [-0.15, -0.1) is 0 Å². The van der Waals surface area contributed by atoms with Crippen LogP contribution in [0.2, 0.25) is 0 Å². The minimum atomic E-state index is -0.774. The quantitative estimate of drug-likeness (QED) is 0.283. The number of ether oxygens (including phenoxy) is 4. The highest BCUT2D eigenvalue weighted by atomic mass is 32.1. The fourth-order valence-corrected chi connectivity index (χ4v) is 6.07. The number of carbonyl (C=O) groups excluding carboxylic acids is 1. The molecule has 0 amide bonds. The Bertz CT molecular complexity index is 1850. The Labute approximate surface area is 241 Å². The Morgan fingerprint density at radius 1 is 1.05 bits per heavy atom. The van der Waals surface area contributed by atoms with E-state index in [1.807, 2.05) is 62.4 Å². The Hall–Kier alpha value is -4.37. The third-order valence-corrected chi connectivity index (χ3v) is 7.79. The number of benzene rings is 3. The summed E-state index contributed by atoms with van der Waals surface area (Å²) in [4.78, 5) is 32.6. The zero-order valence-corrected chi connectivity index (χ0v) is 24.7. The summed E-state index contributed by atoms with van der Waals surface area (Å²) in [6.07, 6.45) is 1.78. The molecule has 2 heterocycles. The van der Waals surface area contributed by atoms with E-state index in [0.29, 0.717) is 43.4 Å². The summed E-state index contributed by atoms with van der Waals surface area (Å²) in [6.45, 7) is 7.56. The van der Waals surface area contributed by atoms with E-state index in [9.17, 15) is 9.59 Å². The highest BCUT2D eigenvalue weighted by Gasteiger charge is 2.34. The van der Waals surface area contributed by atoms with Gasteiger partial charge in [-0.2, -0.15) is 0 Å². The third-order valence-electron chi connectivity index (χ3n) is 6.81. The lowest BCUT2D eigenvalue weighted by molar-refractivity contribution is -0.139. The Balaban J connectivity index is 1.76. The highest BCUT2D eigenvalue weighted by Crippen LogP contribution is 2.36. The molecule has 0 radical (unpaired) electrons. The van der Waals surface area contributed by atoms with E-state index in [2.05, 4.69) is 4.99 Å². The molecule has 0 saturated heterocycles. The van der Waals surface area contributed by atoms with Crippen LogP contribution in [0.25, 0.3) is 16.8 Å². The van der Waals surface area contributed by atoms with Crippen LogP contribution in [-0.4, -0.2) is 37.5 Å². The summed E-state index contributed by atoms with van der Waals surface area (Å²) in [5, 5.41) is 1.99. The fraction of sp³-hybridized carbons (Fsp3) is 0.281. The number of allylic oxidation sites excluding steroid dienone is 1. The molecule has 8 nitrogen and oxygen atoms in total. The lowest BCUT2D eigenvalue weighted by atomic mass is 9.95. The largest absolute Gasteiger partial charge is 0.496 e. The molecule has 1 aliphatic rings. The third kappa shape index (κ3) is 5.25. The molecule has 4 aromatic rings. The van der Waals surface area contributed by atoms with Crippen LogP contribution in [0.1, 0.15) is 44.9 Å². The molecule has 5 rings (SSSR count).